The smallest absolute Gasteiger partial charge is 0.270 e. The summed E-state index contributed by atoms with van der Waals surface area (Å²) in [5, 5.41) is 2.51. The molecule has 0 fully saturated rings. The number of halogens is 1. The fourth-order valence-electron chi connectivity index (χ4n) is 1.98. The molecule has 6 nitrogen and oxygen atoms in total. The summed E-state index contributed by atoms with van der Waals surface area (Å²) in [6.45, 7) is 3.34. The summed E-state index contributed by atoms with van der Waals surface area (Å²) in [6.07, 6.45) is 0. The minimum Gasteiger partial charge on any atom is -0.350 e. The Morgan fingerprint density at radius 2 is 1.83 bits per heavy atom. The molecule has 1 heterocycles. The number of carbonyl (C=O) groups is 1. The van der Waals surface area contributed by atoms with Gasteiger partial charge in [-0.25, -0.2) is 22.8 Å². The van der Waals surface area contributed by atoms with Crippen LogP contribution in [0.1, 0.15) is 22.0 Å². The standard InChI is InChI=1S/C15H16FN3O3S/c1-10-9-14(19-11(2)18-10)15(20)17-7-8-23(21,22)13-5-3-12(16)4-6-13/h3-6,9H,7-8H2,1-2H3,(H,17,20). The number of amides is 1. The van der Waals surface area contributed by atoms with Crippen LogP contribution in [0.5, 0.6) is 0 Å². The maximum absolute atomic E-state index is 12.8. The molecule has 0 radical (unpaired) electrons. The summed E-state index contributed by atoms with van der Waals surface area (Å²) in [4.78, 5) is 20.1. The van der Waals surface area contributed by atoms with E-state index < -0.39 is 21.6 Å². The van der Waals surface area contributed by atoms with E-state index in [2.05, 4.69) is 15.3 Å². The molecule has 0 bridgehead atoms. The molecule has 1 N–H and O–H groups in total. The summed E-state index contributed by atoms with van der Waals surface area (Å²) in [6, 6.07) is 6.08. The number of rotatable bonds is 5. The lowest BCUT2D eigenvalue weighted by Gasteiger charge is -2.07. The Morgan fingerprint density at radius 1 is 1.17 bits per heavy atom. The quantitative estimate of drug-likeness (QED) is 0.834. The highest BCUT2D eigenvalue weighted by Crippen LogP contribution is 2.11. The van der Waals surface area contributed by atoms with Crippen molar-refractivity contribution in [2.75, 3.05) is 12.3 Å². The van der Waals surface area contributed by atoms with Crippen molar-refractivity contribution >= 4 is 15.7 Å². The molecule has 23 heavy (non-hydrogen) atoms. The maximum atomic E-state index is 12.8. The van der Waals surface area contributed by atoms with Crippen molar-refractivity contribution in [3.8, 4) is 0 Å². The van der Waals surface area contributed by atoms with Gasteiger partial charge in [-0.2, -0.15) is 0 Å². The van der Waals surface area contributed by atoms with Crippen LogP contribution in [-0.4, -0.2) is 36.6 Å². The molecule has 122 valence electrons. The molecule has 8 heteroatoms. The number of hydrogen-bond acceptors (Lipinski definition) is 5. The molecule has 0 aliphatic carbocycles. The summed E-state index contributed by atoms with van der Waals surface area (Å²) >= 11 is 0. The first-order valence-electron chi connectivity index (χ1n) is 6.87. The first-order valence-corrected chi connectivity index (χ1v) is 8.52. The molecule has 0 unspecified atom stereocenters. The number of nitrogens with one attached hydrogen (secondary N) is 1. The van der Waals surface area contributed by atoms with Crippen molar-refractivity contribution < 1.29 is 17.6 Å². The zero-order chi connectivity index (χ0) is 17.0. The van der Waals surface area contributed by atoms with E-state index in [1.165, 1.54) is 18.2 Å². The third-order valence-corrected chi connectivity index (χ3v) is 4.76. The molecule has 2 aromatic rings. The van der Waals surface area contributed by atoms with Gasteiger partial charge in [0.1, 0.15) is 17.3 Å². The van der Waals surface area contributed by atoms with Crippen LogP contribution < -0.4 is 5.32 Å². The second-order valence-electron chi connectivity index (χ2n) is 4.97. The largest absolute Gasteiger partial charge is 0.350 e. The van der Waals surface area contributed by atoms with Gasteiger partial charge in [0.05, 0.1) is 10.6 Å². The number of hydrogen-bond donors (Lipinski definition) is 1. The third kappa shape index (κ3) is 4.56. The van der Waals surface area contributed by atoms with Crippen LogP contribution in [0.15, 0.2) is 35.2 Å². The Labute approximate surface area is 133 Å². The number of aryl methyl sites for hydroxylation is 2. The summed E-state index contributed by atoms with van der Waals surface area (Å²) < 4.78 is 37.0. The van der Waals surface area contributed by atoms with Crippen LogP contribution in [-0.2, 0) is 9.84 Å². The van der Waals surface area contributed by atoms with E-state index in [-0.39, 0.29) is 22.9 Å². The van der Waals surface area contributed by atoms with Gasteiger partial charge in [0.2, 0.25) is 0 Å². The van der Waals surface area contributed by atoms with E-state index in [1.807, 2.05) is 0 Å². The van der Waals surface area contributed by atoms with Crippen LogP contribution in [0.4, 0.5) is 4.39 Å². The molecular formula is C15H16FN3O3S. The van der Waals surface area contributed by atoms with E-state index in [0.717, 1.165) is 12.1 Å². The number of sulfone groups is 1. The minimum absolute atomic E-state index is 0.0156. The van der Waals surface area contributed by atoms with Gasteiger partial charge >= 0.3 is 0 Å². The molecule has 0 aliphatic heterocycles. The van der Waals surface area contributed by atoms with Gasteiger partial charge in [0.15, 0.2) is 9.84 Å². The van der Waals surface area contributed by atoms with Gasteiger partial charge < -0.3 is 5.32 Å². The number of carbonyl (C=O) groups excluding carboxylic acids is 1. The second kappa shape index (κ2) is 6.82. The van der Waals surface area contributed by atoms with E-state index in [1.54, 1.807) is 13.8 Å². The Kier molecular flexibility index (Phi) is 5.05. The summed E-state index contributed by atoms with van der Waals surface area (Å²) in [5.74, 6) is -0.790. The molecule has 0 saturated carbocycles. The Morgan fingerprint density at radius 3 is 2.43 bits per heavy atom. The van der Waals surface area contributed by atoms with Gasteiger partial charge in [-0.15, -0.1) is 0 Å². The van der Waals surface area contributed by atoms with Crippen LogP contribution in [0.3, 0.4) is 0 Å². The molecule has 0 spiro atoms. The van der Waals surface area contributed by atoms with Crippen molar-refractivity contribution in [2.24, 2.45) is 0 Å². The van der Waals surface area contributed by atoms with E-state index >= 15 is 0 Å². The normalized spacial score (nSPS) is 11.3. The average Bonchev–Trinajstić information content (AvgIpc) is 2.46. The van der Waals surface area contributed by atoms with E-state index in [4.69, 9.17) is 0 Å². The first kappa shape index (κ1) is 17.0. The van der Waals surface area contributed by atoms with Gasteiger partial charge in [0, 0.05) is 12.2 Å². The molecule has 1 aromatic heterocycles. The van der Waals surface area contributed by atoms with Gasteiger partial charge in [-0.1, -0.05) is 0 Å². The SMILES string of the molecule is Cc1cc(C(=O)NCCS(=O)(=O)c2ccc(F)cc2)nc(C)n1. The monoisotopic (exact) mass is 337 g/mol. The predicted molar refractivity (Wildman–Crippen MR) is 82.3 cm³/mol. The zero-order valence-corrected chi connectivity index (χ0v) is 13.5. The van der Waals surface area contributed by atoms with Crippen molar-refractivity contribution in [3.05, 3.63) is 53.4 Å². The minimum atomic E-state index is -3.59. The van der Waals surface area contributed by atoms with E-state index in [0.29, 0.717) is 11.5 Å². The Balaban J connectivity index is 1.98. The highest BCUT2D eigenvalue weighted by Gasteiger charge is 2.16. The van der Waals surface area contributed by atoms with Crippen molar-refractivity contribution in [3.63, 3.8) is 0 Å². The highest BCUT2D eigenvalue weighted by molar-refractivity contribution is 7.91. The maximum Gasteiger partial charge on any atom is 0.270 e. The molecular weight excluding hydrogens is 321 g/mol. The summed E-state index contributed by atoms with van der Waals surface area (Å²) in [5.41, 5.74) is 0.843. The van der Waals surface area contributed by atoms with Gasteiger partial charge in [-0.3, -0.25) is 4.79 Å². The molecule has 2 rings (SSSR count). The second-order valence-corrected chi connectivity index (χ2v) is 7.08. The van der Waals surface area contributed by atoms with E-state index in [9.17, 15) is 17.6 Å². The van der Waals surface area contributed by atoms with Crippen LogP contribution in [0.2, 0.25) is 0 Å². The van der Waals surface area contributed by atoms with Gasteiger partial charge in [-0.05, 0) is 44.2 Å². The van der Waals surface area contributed by atoms with Crippen molar-refractivity contribution in [2.45, 2.75) is 18.7 Å². The van der Waals surface area contributed by atoms with Gasteiger partial charge in [0.25, 0.3) is 5.91 Å². The van der Waals surface area contributed by atoms with Crippen molar-refractivity contribution in [1.82, 2.24) is 15.3 Å². The lowest BCUT2D eigenvalue weighted by atomic mass is 10.3. The average molecular weight is 337 g/mol. The lowest BCUT2D eigenvalue weighted by molar-refractivity contribution is 0.0950. The number of nitrogens with zero attached hydrogens (tertiary/aromatic N) is 2. The topological polar surface area (TPSA) is 89.0 Å². The Bertz CT molecular complexity index is 800. The molecule has 0 atom stereocenters. The van der Waals surface area contributed by atoms with Crippen molar-refractivity contribution in [1.29, 1.82) is 0 Å². The number of aromatic nitrogens is 2. The fourth-order valence-corrected chi connectivity index (χ4v) is 3.14. The lowest BCUT2D eigenvalue weighted by Crippen LogP contribution is -2.30. The summed E-state index contributed by atoms with van der Waals surface area (Å²) in [7, 11) is -3.59. The van der Waals surface area contributed by atoms with Crippen LogP contribution >= 0.6 is 0 Å². The number of benzene rings is 1. The molecule has 1 amide bonds. The molecule has 0 aliphatic rings. The highest BCUT2D eigenvalue weighted by atomic mass is 32.2. The molecule has 1 aromatic carbocycles. The first-order chi connectivity index (χ1) is 10.8. The predicted octanol–water partition coefficient (Wildman–Crippen LogP) is 1.44. The third-order valence-electron chi connectivity index (χ3n) is 3.03. The van der Waals surface area contributed by atoms with Crippen LogP contribution in [0, 0.1) is 19.7 Å². The zero-order valence-electron chi connectivity index (χ0n) is 12.7. The fraction of sp³-hybridized carbons (Fsp3) is 0.267. The molecule has 0 saturated heterocycles. The van der Waals surface area contributed by atoms with Crippen LogP contribution in [0.25, 0.3) is 0 Å². The Hall–Kier alpha value is -2.35.